The lowest BCUT2D eigenvalue weighted by molar-refractivity contribution is -0.129. The number of benzene rings is 3. The fourth-order valence-electron chi connectivity index (χ4n) is 3.93. The zero-order valence-corrected chi connectivity index (χ0v) is 18.3. The maximum Gasteiger partial charge on any atom is 0.224 e. The van der Waals surface area contributed by atoms with Gasteiger partial charge in [0.15, 0.2) is 5.12 Å². The van der Waals surface area contributed by atoms with Gasteiger partial charge in [-0.3, -0.25) is 9.59 Å². The highest BCUT2D eigenvalue weighted by atomic mass is 32.2. The van der Waals surface area contributed by atoms with Crippen LogP contribution >= 0.6 is 11.8 Å². The van der Waals surface area contributed by atoms with E-state index in [-0.39, 0.29) is 22.3 Å². The zero-order valence-electron chi connectivity index (χ0n) is 17.4. The molecule has 1 aliphatic rings. The van der Waals surface area contributed by atoms with Gasteiger partial charge in [0.25, 0.3) is 0 Å². The van der Waals surface area contributed by atoms with Crippen molar-refractivity contribution in [3.05, 3.63) is 96.1 Å². The van der Waals surface area contributed by atoms with E-state index in [0.717, 1.165) is 23.5 Å². The molecule has 1 fully saturated rings. The first kappa shape index (κ1) is 21.2. The Morgan fingerprint density at radius 2 is 1.52 bits per heavy atom. The Hall–Kier alpha value is -3.05. The summed E-state index contributed by atoms with van der Waals surface area (Å²) in [5.74, 6) is 1.65. The molecule has 2 atom stereocenters. The molecule has 31 heavy (non-hydrogen) atoms. The molecule has 158 valence electrons. The Bertz CT molecular complexity index is 1020. The lowest BCUT2D eigenvalue weighted by atomic mass is 10.0. The van der Waals surface area contributed by atoms with Crippen LogP contribution < -0.4 is 4.74 Å². The Kier molecular flexibility index (Phi) is 6.73. The van der Waals surface area contributed by atoms with Gasteiger partial charge in [-0.1, -0.05) is 72.4 Å². The van der Waals surface area contributed by atoms with E-state index in [0.29, 0.717) is 13.0 Å². The van der Waals surface area contributed by atoms with E-state index in [1.54, 1.807) is 6.92 Å². The highest BCUT2D eigenvalue weighted by molar-refractivity contribution is 8.14. The third kappa shape index (κ3) is 5.56. The van der Waals surface area contributed by atoms with Crippen molar-refractivity contribution in [3.63, 3.8) is 0 Å². The van der Waals surface area contributed by atoms with Crippen LogP contribution in [0.3, 0.4) is 0 Å². The van der Waals surface area contributed by atoms with Crippen LogP contribution in [0.5, 0.6) is 11.5 Å². The fraction of sp³-hybridized carbons (Fsp3) is 0.231. The Labute approximate surface area is 187 Å². The Morgan fingerprint density at radius 1 is 0.903 bits per heavy atom. The standard InChI is InChI=1S/C26H25NO3S/c1-19(28)31-25-17-26(29)27(24(25)16-20-8-4-2-5-9-20)18-21-12-14-23(15-13-21)30-22-10-6-3-7-11-22/h2-15,24-25H,16-18H2,1H3/t24-,25+/m0/s1. The average Bonchev–Trinajstić information content (AvgIpc) is 3.04. The summed E-state index contributed by atoms with van der Waals surface area (Å²) in [7, 11) is 0. The number of carbonyl (C=O) groups is 2. The quantitative estimate of drug-likeness (QED) is 0.498. The van der Waals surface area contributed by atoms with Gasteiger partial charge in [-0.2, -0.15) is 0 Å². The molecule has 1 aliphatic heterocycles. The second-order valence-electron chi connectivity index (χ2n) is 7.69. The summed E-state index contributed by atoms with van der Waals surface area (Å²) >= 11 is 1.29. The second-order valence-corrected chi connectivity index (χ2v) is 9.11. The maximum absolute atomic E-state index is 12.9. The molecule has 1 amide bonds. The van der Waals surface area contributed by atoms with Gasteiger partial charge in [-0.15, -0.1) is 0 Å². The van der Waals surface area contributed by atoms with Gasteiger partial charge in [0.05, 0.1) is 0 Å². The number of likely N-dealkylation sites (tertiary alicyclic amines) is 1. The number of nitrogens with zero attached hydrogens (tertiary/aromatic N) is 1. The molecule has 0 aliphatic carbocycles. The molecular formula is C26H25NO3S. The summed E-state index contributed by atoms with van der Waals surface area (Å²) in [5, 5.41) is 0.0334. The van der Waals surface area contributed by atoms with Crippen molar-refractivity contribution in [2.24, 2.45) is 0 Å². The highest BCUT2D eigenvalue weighted by Gasteiger charge is 2.40. The number of amides is 1. The molecule has 0 bridgehead atoms. The first-order valence-corrected chi connectivity index (χ1v) is 11.3. The van der Waals surface area contributed by atoms with E-state index >= 15 is 0 Å². The van der Waals surface area contributed by atoms with E-state index in [9.17, 15) is 9.59 Å². The molecule has 1 heterocycles. The molecule has 0 spiro atoms. The zero-order chi connectivity index (χ0) is 21.6. The topological polar surface area (TPSA) is 46.6 Å². The minimum Gasteiger partial charge on any atom is -0.457 e. The van der Waals surface area contributed by atoms with Crippen LogP contribution in [0.4, 0.5) is 0 Å². The van der Waals surface area contributed by atoms with Crippen molar-refractivity contribution in [1.82, 2.24) is 4.90 Å². The molecular weight excluding hydrogens is 406 g/mol. The summed E-state index contributed by atoms with van der Waals surface area (Å²) in [6.07, 6.45) is 1.14. The van der Waals surface area contributed by atoms with E-state index in [1.165, 1.54) is 17.3 Å². The third-order valence-electron chi connectivity index (χ3n) is 5.39. The van der Waals surface area contributed by atoms with Crippen molar-refractivity contribution in [1.29, 1.82) is 0 Å². The molecule has 4 nitrogen and oxygen atoms in total. The molecule has 0 unspecified atom stereocenters. The number of para-hydroxylation sites is 1. The van der Waals surface area contributed by atoms with Crippen molar-refractivity contribution < 1.29 is 14.3 Å². The molecule has 4 rings (SSSR count). The summed E-state index contributed by atoms with van der Waals surface area (Å²) in [6, 6.07) is 27.6. The van der Waals surface area contributed by atoms with E-state index in [2.05, 4.69) is 12.1 Å². The van der Waals surface area contributed by atoms with E-state index < -0.39 is 0 Å². The van der Waals surface area contributed by atoms with Crippen molar-refractivity contribution in [2.45, 2.75) is 37.6 Å². The maximum atomic E-state index is 12.9. The average molecular weight is 432 g/mol. The van der Waals surface area contributed by atoms with Crippen molar-refractivity contribution >= 4 is 22.8 Å². The molecule has 1 saturated heterocycles. The Morgan fingerprint density at radius 3 is 2.16 bits per heavy atom. The molecule has 0 aromatic heterocycles. The van der Waals surface area contributed by atoms with Gasteiger partial charge in [-0.05, 0) is 41.8 Å². The predicted octanol–water partition coefficient (Wildman–Crippen LogP) is 5.47. The minimum absolute atomic E-state index is 0.0101. The number of thioether (sulfide) groups is 1. The minimum atomic E-state index is -0.0223. The predicted molar refractivity (Wildman–Crippen MR) is 124 cm³/mol. The largest absolute Gasteiger partial charge is 0.457 e. The van der Waals surface area contributed by atoms with Gasteiger partial charge >= 0.3 is 0 Å². The number of carbonyl (C=O) groups excluding carboxylic acids is 2. The van der Waals surface area contributed by atoms with E-state index in [1.807, 2.05) is 77.7 Å². The normalized spacial score (nSPS) is 18.2. The van der Waals surface area contributed by atoms with Crippen LogP contribution in [0.1, 0.15) is 24.5 Å². The van der Waals surface area contributed by atoms with Crippen LogP contribution in [0.15, 0.2) is 84.9 Å². The number of rotatable bonds is 7. The van der Waals surface area contributed by atoms with Crippen LogP contribution in [-0.2, 0) is 22.6 Å². The molecule has 0 radical (unpaired) electrons. The number of hydrogen-bond acceptors (Lipinski definition) is 4. The van der Waals surface area contributed by atoms with Gasteiger partial charge in [-0.25, -0.2) is 0 Å². The highest BCUT2D eigenvalue weighted by Crippen LogP contribution is 2.34. The number of hydrogen-bond donors (Lipinski definition) is 0. The van der Waals surface area contributed by atoms with Gasteiger partial charge in [0.1, 0.15) is 11.5 Å². The van der Waals surface area contributed by atoms with Gasteiger partial charge in [0.2, 0.25) is 5.91 Å². The van der Waals surface area contributed by atoms with Crippen molar-refractivity contribution in [3.8, 4) is 11.5 Å². The first-order chi connectivity index (χ1) is 15.1. The molecule has 0 saturated carbocycles. The fourth-order valence-corrected chi connectivity index (χ4v) is 4.98. The summed E-state index contributed by atoms with van der Waals surface area (Å²) in [6.45, 7) is 2.10. The molecule has 3 aromatic carbocycles. The van der Waals surface area contributed by atoms with Crippen LogP contribution in [0, 0.1) is 0 Å². The van der Waals surface area contributed by atoms with Crippen LogP contribution in [0.2, 0.25) is 0 Å². The second kappa shape index (κ2) is 9.84. The Balaban J connectivity index is 1.49. The lowest BCUT2D eigenvalue weighted by Crippen LogP contribution is -2.37. The SMILES string of the molecule is CC(=O)S[C@@H]1CC(=O)N(Cc2ccc(Oc3ccccc3)cc2)[C@H]1Cc1ccccc1. The van der Waals surface area contributed by atoms with Crippen LogP contribution in [0.25, 0.3) is 0 Å². The van der Waals surface area contributed by atoms with Crippen molar-refractivity contribution in [2.75, 3.05) is 0 Å². The lowest BCUT2D eigenvalue weighted by Gasteiger charge is -2.28. The summed E-state index contributed by atoms with van der Waals surface area (Å²) in [4.78, 5) is 26.6. The smallest absolute Gasteiger partial charge is 0.224 e. The monoisotopic (exact) mass is 431 g/mol. The molecule has 3 aromatic rings. The third-order valence-corrected chi connectivity index (χ3v) is 6.50. The summed E-state index contributed by atoms with van der Waals surface area (Å²) < 4.78 is 5.86. The first-order valence-electron chi connectivity index (χ1n) is 10.4. The van der Waals surface area contributed by atoms with Gasteiger partial charge in [0, 0.05) is 31.2 Å². The number of ether oxygens (including phenoxy) is 1. The van der Waals surface area contributed by atoms with Gasteiger partial charge < -0.3 is 9.64 Å². The molecule has 0 N–H and O–H groups in total. The van der Waals surface area contributed by atoms with E-state index in [4.69, 9.17) is 4.74 Å². The van der Waals surface area contributed by atoms with Crippen LogP contribution in [-0.4, -0.2) is 27.2 Å². The summed E-state index contributed by atoms with van der Waals surface area (Å²) in [5.41, 5.74) is 2.22. The molecule has 5 heteroatoms.